The molecule has 0 saturated heterocycles. The number of anilines is 5. The second-order valence-electron chi connectivity index (χ2n) is 15.1. The van der Waals surface area contributed by atoms with E-state index in [4.69, 9.17) is 0 Å². The van der Waals surface area contributed by atoms with Gasteiger partial charge in [-0.25, -0.2) is 0 Å². The number of nitrogens with zero attached hydrogens (tertiary/aromatic N) is 2. The summed E-state index contributed by atoms with van der Waals surface area (Å²) in [6.45, 7) is 13.0. The summed E-state index contributed by atoms with van der Waals surface area (Å²) in [4.78, 5) is 4.66. The minimum atomic E-state index is -0.104. The van der Waals surface area contributed by atoms with Crippen LogP contribution in [0.3, 0.4) is 0 Å². The molecule has 1 aliphatic carbocycles. The van der Waals surface area contributed by atoms with Crippen LogP contribution in [0.15, 0.2) is 195 Å². The molecule has 2 heteroatoms. The minimum Gasteiger partial charge on any atom is -0.344 e. The number of benzene rings is 7. The molecule has 0 aromatic heterocycles. The van der Waals surface area contributed by atoms with Crippen molar-refractivity contribution in [1.82, 2.24) is 0 Å². The van der Waals surface area contributed by atoms with E-state index >= 15 is 0 Å². The first-order valence-corrected chi connectivity index (χ1v) is 19.5. The highest BCUT2D eigenvalue weighted by atomic mass is 15.1. The molecule has 0 heterocycles. The third-order valence-electron chi connectivity index (χ3n) is 11.4. The van der Waals surface area contributed by atoms with Crippen molar-refractivity contribution in [2.75, 3.05) is 16.8 Å². The van der Waals surface area contributed by atoms with Crippen LogP contribution in [0, 0.1) is 6.92 Å². The van der Waals surface area contributed by atoms with Crippen molar-refractivity contribution in [2.24, 2.45) is 0 Å². The zero-order valence-corrected chi connectivity index (χ0v) is 33.0. The zero-order valence-electron chi connectivity index (χ0n) is 33.0. The largest absolute Gasteiger partial charge is 0.344 e. The minimum absolute atomic E-state index is 0.104. The Morgan fingerprint density at radius 3 is 1.86 bits per heavy atom. The van der Waals surface area contributed by atoms with Crippen LogP contribution >= 0.6 is 0 Å². The number of hydrogen-bond donors (Lipinski definition) is 0. The van der Waals surface area contributed by atoms with Gasteiger partial charge in [0.25, 0.3) is 0 Å². The van der Waals surface area contributed by atoms with Crippen molar-refractivity contribution in [3.05, 3.63) is 217 Å². The summed E-state index contributed by atoms with van der Waals surface area (Å²) in [5.74, 6) is 0. The summed E-state index contributed by atoms with van der Waals surface area (Å²) in [5, 5.41) is 0. The van der Waals surface area contributed by atoms with Crippen molar-refractivity contribution in [3.8, 4) is 33.4 Å². The maximum atomic E-state index is 4.08. The molecule has 0 N–H and O–H groups in total. The third-order valence-corrected chi connectivity index (χ3v) is 11.4. The standard InChI is InChI=1S/C54H48N2/c1-7-9-18-39(8-2)40-24-29-44(30-25-40)56(46-33-34-49-48-22-15-16-23-51(48)54(4,5)52(49)37-46)45-31-26-41(27-32-45)42-28-35-53(55(6)43-19-11-10-12-20-43)50(36-42)47-21-14-13-17-38(47)3/h7-37H,2H2,1,3-6H3/b9-7-,39-18+. The first-order valence-electron chi connectivity index (χ1n) is 19.5. The maximum Gasteiger partial charge on any atom is 0.0488 e. The Bertz CT molecular complexity index is 2590. The van der Waals surface area contributed by atoms with Gasteiger partial charge in [-0.3, -0.25) is 0 Å². The van der Waals surface area contributed by atoms with Crippen LogP contribution in [0.1, 0.15) is 43.0 Å². The lowest BCUT2D eigenvalue weighted by Gasteiger charge is -2.28. The Hall–Kier alpha value is -6.64. The van der Waals surface area contributed by atoms with E-state index in [0.29, 0.717) is 0 Å². The first-order chi connectivity index (χ1) is 27.3. The van der Waals surface area contributed by atoms with Crippen LogP contribution in [0.2, 0.25) is 0 Å². The van der Waals surface area contributed by atoms with E-state index in [2.05, 4.69) is 220 Å². The summed E-state index contributed by atoms with van der Waals surface area (Å²) < 4.78 is 0. The highest BCUT2D eigenvalue weighted by molar-refractivity contribution is 5.89. The van der Waals surface area contributed by atoms with Gasteiger partial charge in [0.1, 0.15) is 0 Å². The lowest BCUT2D eigenvalue weighted by atomic mass is 9.82. The molecule has 1 aliphatic rings. The Kier molecular flexibility index (Phi) is 9.89. The van der Waals surface area contributed by atoms with E-state index in [1.807, 2.05) is 19.1 Å². The molecule has 0 fully saturated rings. The second-order valence-corrected chi connectivity index (χ2v) is 15.1. The zero-order chi connectivity index (χ0) is 38.8. The van der Waals surface area contributed by atoms with Crippen molar-refractivity contribution in [2.45, 2.75) is 33.1 Å². The van der Waals surface area contributed by atoms with Crippen molar-refractivity contribution >= 4 is 34.0 Å². The summed E-state index contributed by atoms with van der Waals surface area (Å²) >= 11 is 0. The Morgan fingerprint density at radius 2 is 1.16 bits per heavy atom. The van der Waals surface area contributed by atoms with Crippen LogP contribution in [0.4, 0.5) is 28.4 Å². The molecule has 7 aromatic carbocycles. The normalized spacial score (nSPS) is 13.0. The Labute approximate surface area is 333 Å². The molecule has 7 aromatic rings. The fraction of sp³-hybridized carbons (Fsp3) is 0.111. The number of para-hydroxylation sites is 1. The molecular formula is C54H48N2. The van der Waals surface area contributed by atoms with Crippen LogP contribution in [0.5, 0.6) is 0 Å². The molecular weight excluding hydrogens is 677 g/mol. The van der Waals surface area contributed by atoms with Gasteiger partial charge in [-0.05, 0) is 130 Å². The summed E-state index contributed by atoms with van der Waals surface area (Å²) in [7, 11) is 2.15. The van der Waals surface area contributed by atoms with Crippen molar-refractivity contribution < 1.29 is 0 Å². The molecule has 8 rings (SSSR count). The van der Waals surface area contributed by atoms with Crippen LogP contribution < -0.4 is 9.80 Å². The SMILES string of the molecule is C=C/C(=C\C=C/C)c1ccc(N(c2ccc(-c3ccc(N(C)c4ccccc4)c(-c4ccccc4C)c3)cc2)c2ccc3c(c2)C(C)(C)c2ccccc2-3)cc1. The molecule has 0 unspecified atom stereocenters. The van der Waals surface area contributed by atoms with E-state index in [-0.39, 0.29) is 5.41 Å². The average Bonchev–Trinajstić information content (AvgIpc) is 3.47. The Morgan fingerprint density at radius 1 is 0.554 bits per heavy atom. The molecule has 2 nitrogen and oxygen atoms in total. The van der Waals surface area contributed by atoms with E-state index < -0.39 is 0 Å². The highest BCUT2D eigenvalue weighted by Gasteiger charge is 2.35. The van der Waals surface area contributed by atoms with Crippen molar-refractivity contribution in [1.29, 1.82) is 0 Å². The smallest absolute Gasteiger partial charge is 0.0488 e. The van der Waals surface area contributed by atoms with Gasteiger partial charge in [0.15, 0.2) is 0 Å². The quantitative estimate of drug-likeness (QED) is 0.130. The van der Waals surface area contributed by atoms with Gasteiger partial charge < -0.3 is 9.80 Å². The summed E-state index contributed by atoms with van der Waals surface area (Å²) in [6, 6.07) is 59.8. The second kappa shape index (κ2) is 15.2. The van der Waals surface area contributed by atoms with Gasteiger partial charge in [-0.2, -0.15) is 0 Å². The van der Waals surface area contributed by atoms with Gasteiger partial charge in [-0.15, -0.1) is 0 Å². The van der Waals surface area contributed by atoms with Crippen LogP contribution in [-0.4, -0.2) is 7.05 Å². The van der Waals surface area contributed by atoms with Crippen LogP contribution in [0.25, 0.3) is 39.0 Å². The molecule has 56 heavy (non-hydrogen) atoms. The molecule has 0 radical (unpaired) electrons. The van der Waals surface area contributed by atoms with Gasteiger partial charge >= 0.3 is 0 Å². The topological polar surface area (TPSA) is 6.48 Å². The Balaban J connectivity index is 1.21. The fourth-order valence-electron chi connectivity index (χ4n) is 8.26. The van der Waals surface area contributed by atoms with Crippen molar-refractivity contribution in [3.63, 3.8) is 0 Å². The van der Waals surface area contributed by atoms with Gasteiger partial charge in [0.05, 0.1) is 0 Å². The molecule has 0 amide bonds. The number of aryl methyl sites for hydroxylation is 1. The van der Waals surface area contributed by atoms with E-state index in [0.717, 1.165) is 33.9 Å². The number of allylic oxidation sites excluding steroid dienone is 5. The lowest BCUT2D eigenvalue weighted by molar-refractivity contribution is 0.660. The molecule has 0 spiro atoms. The number of rotatable bonds is 10. The predicted molar refractivity (Wildman–Crippen MR) is 242 cm³/mol. The number of fused-ring (bicyclic) bond motifs is 3. The fourth-order valence-corrected chi connectivity index (χ4v) is 8.26. The average molecular weight is 725 g/mol. The molecule has 0 saturated carbocycles. The molecule has 0 atom stereocenters. The van der Waals surface area contributed by atoms with Crippen LogP contribution in [-0.2, 0) is 5.41 Å². The summed E-state index contributed by atoms with van der Waals surface area (Å²) in [6.07, 6.45) is 8.12. The maximum absolute atomic E-state index is 4.08. The monoisotopic (exact) mass is 724 g/mol. The van der Waals surface area contributed by atoms with Gasteiger partial charge in [-0.1, -0.05) is 148 Å². The molecule has 0 bridgehead atoms. The third kappa shape index (κ3) is 6.69. The molecule has 0 aliphatic heterocycles. The summed E-state index contributed by atoms with van der Waals surface area (Å²) in [5.41, 5.74) is 19.2. The number of hydrogen-bond acceptors (Lipinski definition) is 2. The lowest BCUT2D eigenvalue weighted by Crippen LogP contribution is -2.16. The first kappa shape index (κ1) is 36.3. The highest BCUT2D eigenvalue weighted by Crippen LogP contribution is 2.50. The van der Waals surface area contributed by atoms with E-state index in [9.17, 15) is 0 Å². The predicted octanol–water partition coefficient (Wildman–Crippen LogP) is 15.0. The van der Waals surface area contributed by atoms with E-state index in [1.54, 1.807) is 0 Å². The van der Waals surface area contributed by atoms with Gasteiger partial charge in [0.2, 0.25) is 0 Å². The van der Waals surface area contributed by atoms with Gasteiger partial charge in [0, 0.05) is 46.5 Å². The molecule has 274 valence electrons. The van der Waals surface area contributed by atoms with E-state index in [1.165, 1.54) is 55.8 Å².